The quantitative estimate of drug-likeness (QED) is 0.175. The first kappa shape index (κ1) is 32.8. The molecule has 0 saturated heterocycles. The molecule has 0 saturated carbocycles. The lowest BCUT2D eigenvalue weighted by molar-refractivity contribution is -0.274. The Labute approximate surface area is 259 Å². The zero-order valence-electron chi connectivity index (χ0n) is 23.7. The zero-order chi connectivity index (χ0) is 34.1. The molecule has 5 aromatic rings. The zero-order valence-corrected chi connectivity index (χ0v) is 23.7. The molecular weight excluding hydrogens is 642 g/mol. The van der Waals surface area contributed by atoms with Gasteiger partial charge in [-0.2, -0.15) is 13.2 Å². The molecule has 1 atom stereocenters. The Kier molecular flexibility index (Phi) is 8.87. The van der Waals surface area contributed by atoms with Crippen LogP contribution in [0.25, 0.3) is 22.2 Å². The van der Waals surface area contributed by atoms with E-state index in [1.165, 1.54) is 30.5 Å². The fourth-order valence-corrected chi connectivity index (χ4v) is 5.02. The van der Waals surface area contributed by atoms with Crippen LogP contribution in [0.5, 0.6) is 5.75 Å². The summed E-state index contributed by atoms with van der Waals surface area (Å²) in [6, 6.07) is 12.8. The normalized spacial score (nSPS) is 12.6. The van der Waals surface area contributed by atoms with Crippen LogP contribution in [0.3, 0.4) is 0 Å². The monoisotopic (exact) mass is 663 g/mol. The number of primary amides is 1. The minimum Gasteiger partial charge on any atom is -0.406 e. The maximum absolute atomic E-state index is 14.1. The first-order chi connectivity index (χ1) is 22.1. The van der Waals surface area contributed by atoms with E-state index in [1.807, 2.05) is 0 Å². The van der Waals surface area contributed by atoms with Crippen LogP contribution in [-0.4, -0.2) is 32.7 Å². The van der Waals surface area contributed by atoms with Crippen LogP contribution >= 0.6 is 0 Å². The highest BCUT2D eigenvalue weighted by Gasteiger charge is 2.39. The number of rotatable bonds is 9. The molecule has 0 spiro atoms. The Morgan fingerprint density at radius 3 is 2.30 bits per heavy atom. The van der Waals surface area contributed by atoms with E-state index in [0.717, 1.165) is 24.3 Å². The van der Waals surface area contributed by atoms with Crippen LogP contribution in [0.15, 0.2) is 79.0 Å². The molecule has 16 heteroatoms. The minimum atomic E-state index is -5.15. The molecule has 47 heavy (non-hydrogen) atoms. The molecule has 0 bridgehead atoms. The van der Waals surface area contributed by atoms with E-state index >= 15 is 0 Å². The van der Waals surface area contributed by atoms with E-state index in [0.29, 0.717) is 27.8 Å². The number of hydrogen-bond donors (Lipinski definition) is 2. The first-order valence-electron chi connectivity index (χ1n) is 13.5. The molecule has 2 aromatic heterocycles. The molecule has 3 N–H and O–H groups in total. The summed E-state index contributed by atoms with van der Waals surface area (Å²) in [6.07, 6.45) is -9.23. The van der Waals surface area contributed by atoms with Crippen LogP contribution in [0, 0.1) is 11.6 Å². The van der Waals surface area contributed by atoms with Crippen LogP contribution in [0.2, 0.25) is 0 Å². The summed E-state index contributed by atoms with van der Waals surface area (Å²) in [6.45, 7) is -1.09. The van der Waals surface area contributed by atoms with Crippen molar-refractivity contribution in [3.63, 3.8) is 0 Å². The fourth-order valence-electron chi connectivity index (χ4n) is 5.02. The van der Waals surface area contributed by atoms with Crippen molar-refractivity contribution in [2.45, 2.75) is 31.5 Å². The van der Waals surface area contributed by atoms with Crippen LogP contribution in [0.1, 0.15) is 33.5 Å². The number of benzene rings is 3. The van der Waals surface area contributed by atoms with Gasteiger partial charge in [0.1, 0.15) is 23.9 Å². The Morgan fingerprint density at radius 1 is 0.915 bits per heavy atom. The molecule has 0 radical (unpaired) electrons. The van der Waals surface area contributed by atoms with Crippen molar-refractivity contribution in [1.29, 1.82) is 0 Å². The molecule has 3 aromatic carbocycles. The van der Waals surface area contributed by atoms with Gasteiger partial charge < -0.3 is 20.4 Å². The number of imidazole rings is 1. The molecule has 8 nitrogen and oxygen atoms in total. The number of pyridine rings is 1. The maximum Gasteiger partial charge on any atom is 0.573 e. The third kappa shape index (κ3) is 7.82. The SMILES string of the molecule is NC(=O)c1cccc(-c2cccnc2[C@H](Cc2cc(F)cc(F)c2)NC(=O)Cn2c(C(F)(F)F)nc3ccc(OC(F)(F)F)cc32)c1. The van der Waals surface area contributed by atoms with Gasteiger partial charge in [0, 0.05) is 29.5 Å². The van der Waals surface area contributed by atoms with Gasteiger partial charge in [-0.05, 0) is 60.0 Å². The number of amides is 2. The van der Waals surface area contributed by atoms with E-state index in [1.54, 1.807) is 12.1 Å². The Bertz CT molecular complexity index is 1950. The second-order valence-electron chi connectivity index (χ2n) is 10.2. The van der Waals surface area contributed by atoms with E-state index in [9.17, 15) is 44.7 Å². The highest BCUT2D eigenvalue weighted by molar-refractivity contribution is 5.94. The Morgan fingerprint density at radius 2 is 1.64 bits per heavy atom. The number of nitrogens with zero attached hydrogens (tertiary/aromatic N) is 3. The van der Waals surface area contributed by atoms with Gasteiger partial charge >= 0.3 is 12.5 Å². The van der Waals surface area contributed by atoms with Crippen molar-refractivity contribution in [1.82, 2.24) is 19.9 Å². The number of hydrogen-bond acceptors (Lipinski definition) is 5. The smallest absolute Gasteiger partial charge is 0.406 e. The van der Waals surface area contributed by atoms with Crippen molar-refractivity contribution < 1.29 is 49.4 Å². The summed E-state index contributed by atoms with van der Waals surface area (Å²) >= 11 is 0. The number of carbonyl (C=O) groups excluding carboxylic acids is 2. The molecule has 0 aliphatic carbocycles. The molecule has 2 amide bonds. The van der Waals surface area contributed by atoms with Gasteiger partial charge in [-0.15, -0.1) is 13.2 Å². The molecule has 0 aliphatic heterocycles. The minimum absolute atomic E-state index is 0.0493. The third-order valence-electron chi connectivity index (χ3n) is 6.83. The number of ether oxygens (including phenoxy) is 1. The lowest BCUT2D eigenvalue weighted by atomic mass is 9.94. The summed E-state index contributed by atoms with van der Waals surface area (Å²) in [4.78, 5) is 33.1. The lowest BCUT2D eigenvalue weighted by Gasteiger charge is -2.22. The van der Waals surface area contributed by atoms with Crippen molar-refractivity contribution in [3.05, 3.63) is 113 Å². The van der Waals surface area contributed by atoms with Crippen molar-refractivity contribution >= 4 is 22.8 Å². The standard InChI is InChI=1S/C31H21F8N5O3/c32-19-9-16(10-20(33)13-19)11-24(27-22(5-2-8-41-27)17-3-1-4-18(12-17)28(40)46)42-26(45)15-44-25-14-21(47-31(37,38)39)6-7-23(25)43-29(44)30(34,35)36/h1-10,12-14,24H,11,15H2,(H2,40,46)(H,42,45)/t24-/m0/s1. The van der Waals surface area contributed by atoms with Crippen LogP contribution in [-0.2, 0) is 23.9 Å². The number of nitrogens with one attached hydrogen (secondary N) is 1. The number of nitrogens with two attached hydrogens (primary N) is 1. The molecule has 5 rings (SSSR count). The second-order valence-corrected chi connectivity index (χ2v) is 10.2. The van der Waals surface area contributed by atoms with Gasteiger partial charge in [-0.25, -0.2) is 13.8 Å². The largest absolute Gasteiger partial charge is 0.573 e. The van der Waals surface area contributed by atoms with Gasteiger partial charge in [-0.1, -0.05) is 18.2 Å². The van der Waals surface area contributed by atoms with Crippen molar-refractivity contribution in [2.24, 2.45) is 5.73 Å². The van der Waals surface area contributed by atoms with Gasteiger partial charge in [0.05, 0.1) is 22.8 Å². The number of carbonyl (C=O) groups is 2. The van der Waals surface area contributed by atoms with E-state index < -0.39 is 65.7 Å². The maximum atomic E-state index is 14.1. The molecular formula is C31H21F8N5O3. The van der Waals surface area contributed by atoms with Crippen LogP contribution < -0.4 is 15.8 Å². The van der Waals surface area contributed by atoms with Gasteiger partial charge in [0.25, 0.3) is 0 Å². The first-order valence-corrected chi connectivity index (χ1v) is 13.5. The van der Waals surface area contributed by atoms with Crippen molar-refractivity contribution in [3.8, 4) is 16.9 Å². The topological polar surface area (TPSA) is 112 Å². The van der Waals surface area contributed by atoms with Crippen molar-refractivity contribution in [2.75, 3.05) is 0 Å². The van der Waals surface area contributed by atoms with Crippen LogP contribution in [0.4, 0.5) is 35.1 Å². The van der Waals surface area contributed by atoms with E-state index in [4.69, 9.17) is 5.73 Å². The van der Waals surface area contributed by atoms with Gasteiger partial charge in [0.2, 0.25) is 17.6 Å². The number of halogens is 8. The average Bonchev–Trinajstić information content (AvgIpc) is 3.33. The predicted molar refractivity (Wildman–Crippen MR) is 151 cm³/mol. The van der Waals surface area contributed by atoms with Gasteiger partial charge in [-0.3, -0.25) is 14.6 Å². The summed E-state index contributed by atoms with van der Waals surface area (Å²) < 4.78 is 113. The highest BCUT2D eigenvalue weighted by Crippen LogP contribution is 2.34. The third-order valence-corrected chi connectivity index (χ3v) is 6.83. The molecule has 244 valence electrons. The Hall–Kier alpha value is -5.54. The number of fused-ring (bicyclic) bond motifs is 1. The summed E-state index contributed by atoms with van der Waals surface area (Å²) in [5.41, 5.74) is 5.60. The van der Waals surface area contributed by atoms with E-state index in [2.05, 4.69) is 20.0 Å². The predicted octanol–water partition coefficient (Wildman–Crippen LogP) is 6.49. The molecule has 0 unspecified atom stereocenters. The van der Waals surface area contributed by atoms with Gasteiger partial charge in [0.15, 0.2) is 0 Å². The summed E-state index contributed by atoms with van der Waals surface area (Å²) in [5.74, 6) is -6.11. The molecule has 2 heterocycles. The average molecular weight is 664 g/mol. The second kappa shape index (κ2) is 12.7. The molecule has 0 fully saturated rings. The lowest BCUT2D eigenvalue weighted by Crippen LogP contribution is -2.34. The number of alkyl halides is 6. The fraction of sp³-hybridized carbons (Fsp3) is 0.161. The van der Waals surface area contributed by atoms with E-state index in [-0.39, 0.29) is 28.8 Å². The number of aromatic nitrogens is 3. The Balaban J connectivity index is 1.56. The highest BCUT2D eigenvalue weighted by atomic mass is 19.4. The molecule has 0 aliphatic rings. The summed E-state index contributed by atoms with van der Waals surface area (Å²) in [7, 11) is 0. The summed E-state index contributed by atoms with van der Waals surface area (Å²) in [5, 5.41) is 2.54.